The summed E-state index contributed by atoms with van der Waals surface area (Å²) in [6.07, 6.45) is 7.95. The molecule has 2 aromatic carbocycles. The summed E-state index contributed by atoms with van der Waals surface area (Å²) in [4.78, 5) is 11.6. The van der Waals surface area contributed by atoms with Crippen LogP contribution in [0.2, 0.25) is 0 Å². The Labute approximate surface area is 245 Å². The molecular weight excluding hydrogens is 527 g/mol. The lowest BCUT2D eigenvalue weighted by molar-refractivity contribution is -0.133. The first kappa shape index (κ1) is 37.5. The van der Waals surface area contributed by atoms with E-state index >= 15 is 0 Å². The highest BCUT2D eigenvalue weighted by molar-refractivity contribution is 5.68. The number of methoxy groups -OCH3 is 2. The molecule has 0 aromatic heterocycles. The minimum atomic E-state index is -0.0608. The van der Waals surface area contributed by atoms with Gasteiger partial charge < -0.3 is 24.7 Å². The second-order valence-electron chi connectivity index (χ2n) is 10.1. The predicted molar refractivity (Wildman–Crippen MR) is 163 cm³/mol. The quantitative estimate of drug-likeness (QED) is 0.119. The number of carbonyl (C=O) groups is 1. The van der Waals surface area contributed by atoms with Gasteiger partial charge in [-0.25, -0.2) is 5.01 Å². The summed E-state index contributed by atoms with van der Waals surface area (Å²) in [5, 5.41) is 5.28. The van der Waals surface area contributed by atoms with Crippen molar-refractivity contribution in [2.24, 2.45) is 11.0 Å². The highest BCUT2D eigenvalue weighted by atomic mass is 19.3. The van der Waals surface area contributed by atoms with E-state index in [9.17, 15) is 4.53 Å². The van der Waals surface area contributed by atoms with E-state index < -0.39 is 0 Å². The zero-order valence-corrected chi connectivity index (χ0v) is 25.8. The zero-order valence-electron chi connectivity index (χ0n) is 25.8. The van der Waals surface area contributed by atoms with Crippen LogP contribution >= 0.6 is 0 Å². The second kappa shape index (κ2) is 21.3. The Morgan fingerprint density at radius 3 is 2.10 bits per heavy atom. The molecule has 41 heavy (non-hydrogen) atoms. The second-order valence-corrected chi connectivity index (χ2v) is 10.1. The zero-order chi connectivity index (χ0) is 31.3. The number of nitrogens with two attached hydrogens (primary N) is 1. The van der Waals surface area contributed by atoms with Crippen molar-refractivity contribution in [2.75, 3.05) is 39.5 Å². The third-order valence-corrected chi connectivity index (χ3v) is 6.10. The molecule has 0 heterocycles. The van der Waals surface area contributed by atoms with Crippen LogP contribution in [0.15, 0.2) is 47.3 Å². The van der Waals surface area contributed by atoms with E-state index in [-0.39, 0.29) is 12.0 Å². The summed E-state index contributed by atoms with van der Waals surface area (Å²) in [5.41, 5.74) is 15.8. The number of hydrogen-bond donors (Lipinski definition) is 2. The standard InChI is InChI=1S/C29H42FN3O4.CH5N.CH2O/c1-22(33(32-31)27-21-25(34-5)13-14-28(27)35-6)17-23-18-24(29(2,3)4)20-26(19-23)36-15-11-9-7-8-10-12-16-37-30;2*1-2/h13-14,17-21,31H,7-12,15-16H2,1-6H3;2H2,1H3;1H2/b22-17+,32-31?;;. The molecule has 0 atom stereocenters. The van der Waals surface area contributed by atoms with Crippen LogP contribution in [0.3, 0.4) is 0 Å². The average molecular weight is 577 g/mol. The number of hydrogen-bond acceptors (Lipinski definition) is 8. The molecule has 0 unspecified atom stereocenters. The minimum Gasteiger partial charge on any atom is -0.497 e. The number of nitrogens with one attached hydrogen (secondary N) is 1. The van der Waals surface area contributed by atoms with Crippen molar-refractivity contribution in [3.8, 4) is 17.2 Å². The molecule has 0 amide bonds. The van der Waals surface area contributed by atoms with E-state index in [0.29, 0.717) is 23.8 Å². The van der Waals surface area contributed by atoms with Gasteiger partial charge in [0.1, 0.15) is 29.7 Å². The highest BCUT2D eigenvalue weighted by Gasteiger charge is 2.18. The molecule has 2 aromatic rings. The Kier molecular flexibility index (Phi) is 19.5. The molecule has 10 heteroatoms. The van der Waals surface area contributed by atoms with Crippen LogP contribution in [0.5, 0.6) is 17.2 Å². The van der Waals surface area contributed by atoms with E-state index in [0.717, 1.165) is 61.1 Å². The van der Waals surface area contributed by atoms with Crippen LogP contribution in [0.4, 0.5) is 10.2 Å². The fourth-order valence-electron chi connectivity index (χ4n) is 3.96. The minimum absolute atomic E-state index is 0.0608. The Balaban J connectivity index is 0.00000382. The number of anilines is 1. The van der Waals surface area contributed by atoms with Gasteiger partial charge in [-0.3, -0.25) is 0 Å². The van der Waals surface area contributed by atoms with Crippen molar-refractivity contribution >= 4 is 18.6 Å². The van der Waals surface area contributed by atoms with Gasteiger partial charge in [0.05, 0.1) is 27.4 Å². The van der Waals surface area contributed by atoms with E-state index in [4.69, 9.17) is 24.5 Å². The predicted octanol–water partition coefficient (Wildman–Crippen LogP) is 7.83. The van der Waals surface area contributed by atoms with E-state index in [1.54, 1.807) is 26.4 Å². The van der Waals surface area contributed by atoms with Crippen LogP contribution in [0.1, 0.15) is 77.3 Å². The molecule has 0 saturated carbocycles. The largest absolute Gasteiger partial charge is 0.497 e. The number of benzene rings is 2. The smallest absolute Gasteiger partial charge is 0.144 e. The highest BCUT2D eigenvalue weighted by Crippen LogP contribution is 2.35. The third kappa shape index (κ3) is 13.6. The van der Waals surface area contributed by atoms with Crippen LogP contribution in [0.25, 0.3) is 6.08 Å². The molecule has 2 rings (SSSR count). The summed E-state index contributed by atoms with van der Waals surface area (Å²) in [6, 6.07) is 11.7. The molecule has 0 aliphatic carbocycles. The monoisotopic (exact) mass is 576 g/mol. The van der Waals surface area contributed by atoms with Crippen LogP contribution in [0, 0.1) is 5.53 Å². The van der Waals surface area contributed by atoms with E-state index in [1.165, 1.54) is 12.1 Å². The van der Waals surface area contributed by atoms with Gasteiger partial charge in [0.25, 0.3) is 0 Å². The molecule has 230 valence electrons. The maximum Gasteiger partial charge on any atom is 0.144 e. The Hall–Kier alpha value is -3.50. The number of allylic oxidation sites excluding steroid dienone is 1. The summed E-state index contributed by atoms with van der Waals surface area (Å²) in [7, 11) is 4.69. The topological polar surface area (TPSA) is 119 Å². The van der Waals surface area contributed by atoms with Crippen molar-refractivity contribution in [3.63, 3.8) is 0 Å². The van der Waals surface area contributed by atoms with Crippen LogP contribution in [-0.4, -0.2) is 41.3 Å². The van der Waals surface area contributed by atoms with Crippen molar-refractivity contribution in [2.45, 2.75) is 71.6 Å². The van der Waals surface area contributed by atoms with Crippen LogP contribution in [-0.2, 0) is 15.2 Å². The molecule has 0 radical (unpaired) electrons. The van der Waals surface area contributed by atoms with Crippen molar-refractivity contribution in [3.05, 3.63) is 53.2 Å². The van der Waals surface area contributed by atoms with Gasteiger partial charge in [-0.1, -0.05) is 57.7 Å². The molecular formula is C31H49FN4O5. The maximum absolute atomic E-state index is 11.7. The van der Waals surface area contributed by atoms with Gasteiger partial charge in [0.15, 0.2) is 0 Å². The first-order chi connectivity index (χ1) is 19.7. The fraction of sp³-hybridized carbons (Fsp3) is 0.516. The van der Waals surface area contributed by atoms with Gasteiger partial charge >= 0.3 is 0 Å². The lowest BCUT2D eigenvalue weighted by Gasteiger charge is -2.23. The molecule has 3 N–H and O–H groups in total. The number of nitrogens with zero attached hydrogens (tertiary/aromatic N) is 2. The number of halogens is 1. The molecule has 9 nitrogen and oxygen atoms in total. The number of ether oxygens (including phenoxy) is 3. The van der Waals surface area contributed by atoms with E-state index in [2.05, 4.69) is 48.8 Å². The first-order valence-electron chi connectivity index (χ1n) is 13.7. The Morgan fingerprint density at radius 1 is 0.951 bits per heavy atom. The number of carbonyl (C=O) groups excluding carboxylic acids is 1. The maximum atomic E-state index is 11.7. The van der Waals surface area contributed by atoms with Gasteiger partial charge in [-0.15, -0.1) is 0 Å². The van der Waals surface area contributed by atoms with Crippen molar-refractivity contribution in [1.29, 1.82) is 5.53 Å². The Bertz CT molecular complexity index is 1040. The molecule has 0 bridgehead atoms. The van der Waals surface area contributed by atoms with Gasteiger partial charge in [-0.05, 0) is 78.2 Å². The summed E-state index contributed by atoms with van der Waals surface area (Å²) >= 11 is 0. The summed E-state index contributed by atoms with van der Waals surface area (Å²) < 4.78 is 28.7. The average Bonchev–Trinajstić information content (AvgIpc) is 2.98. The SMILES string of the molecule is C=O.CN.COc1ccc(OC)c(N(N=N)/C(C)=C/c2cc(OCCCCCCCCOF)cc(C(C)(C)C)c2)c1. The molecule has 0 aliphatic heterocycles. The molecule has 0 fully saturated rings. The van der Waals surface area contributed by atoms with Gasteiger partial charge in [-0.2, -0.15) is 10.5 Å². The van der Waals surface area contributed by atoms with Crippen molar-refractivity contribution < 1.29 is 28.5 Å². The first-order valence-corrected chi connectivity index (χ1v) is 13.7. The molecule has 0 aliphatic rings. The van der Waals surface area contributed by atoms with E-state index in [1.807, 2.05) is 31.9 Å². The molecule has 0 saturated heterocycles. The number of rotatable bonds is 16. The lowest BCUT2D eigenvalue weighted by atomic mass is 9.86. The lowest BCUT2D eigenvalue weighted by Crippen LogP contribution is -2.14. The summed E-state index contributed by atoms with van der Waals surface area (Å²) in [5.74, 6) is 2.06. The Morgan fingerprint density at radius 2 is 1.56 bits per heavy atom. The van der Waals surface area contributed by atoms with Gasteiger partial charge in [0.2, 0.25) is 0 Å². The van der Waals surface area contributed by atoms with Crippen LogP contribution < -0.4 is 25.0 Å². The van der Waals surface area contributed by atoms with Gasteiger partial charge in [0, 0.05) is 11.8 Å². The third-order valence-electron chi connectivity index (χ3n) is 6.10. The normalized spacial score (nSPS) is 10.9. The van der Waals surface area contributed by atoms with Crippen molar-refractivity contribution in [1.82, 2.24) is 0 Å². The number of unbranched alkanes of at least 4 members (excludes halogenated alkanes) is 5. The molecule has 0 spiro atoms. The fourth-order valence-corrected chi connectivity index (χ4v) is 3.96. The summed E-state index contributed by atoms with van der Waals surface area (Å²) in [6.45, 7) is 11.2.